The molecule has 0 saturated carbocycles. The van der Waals surface area contributed by atoms with Gasteiger partial charge in [-0.05, 0) is 47.0 Å². The normalized spacial score (nSPS) is 14.6. The van der Waals surface area contributed by atoms with Gasteiger partial charge >= 0.3 is 0 Å². The van der Waals surface area contributed by atoms with Crippen LogP contribution in [0.3, 0.4) is 0 Å². The van der Waals surface area contributed by atoms with Crippen LogP contribution in [0.1, 0.15) is 24.1 Å². The van der Waals surface area contributed by atoms with E-state index in [1.165, 1.54) is 5.56 Å². The lowest BCUT2D eigenvalue weighted by Crippen LogP contribution is -2.17. The van der Waals surface area contributed by atoms with E-state index >= 15 is 0 Å². The Morgan fingerprint density at radius 2 is 2.32 bits per heavy atom. The molecule has 1 aliphatic rings. The highest BCUT2D eigenvalue weighted by Crippen LogP contribution is 2.39. The van der Waals surface area contributed by atoms with Gasteiger partial charge in [-0.15, -0.1) is 0 Å². The Kier molecular flexibility index (Phi) is 3.64. The van der Waals surface area contributed by atoms with E-state index in [2.05, 4.69) is 29.1 Å². The monoisotopic (exact) mass is 295 g/mol. The summed E-state index contributed by atoms with van der Waals surface area (Å²) in [4.78, 5) is 0. The summed E-state index contributed by atoms with van der Waals surface area (Å²) in [6, 6.07) is 6.34. The second kappa shape index (κ2) is 5.41. The standard InChI is InChI=1S/C14H14ClNO2S/c1-9(11-2-3-19-7-11)16-6-10-4-12(15)14-13(5-10)17-8-18-14/h2-5,7,9,16H,6,8H2,1H3. The van der Waals surface area contributed by atoms with Gasteiger partial charge in [-0.2, -0.15) is 11.3 Å². The van der Waals surface area contributed by atoms with Gasteiger partial charge in [0.25, 0.3) is 0 Å². The summed E-state index contributed by atoms with van der Waals surface area (Å²) in [5.41, 5.74) is 2.40. The third-order valence-electron chi connectivity index (χ3n) is 3.14. The first kappa shape index (κ1) is 12.8. The van der Waals surface area contributed by atoms with Gasteiger partial charge in [-0.1, -0.05) is 11.6 Å². The molecule has 2 heterocycles. The van der Waals surface area contributed by atoms with Gasteiger partial charge < -0.3 is 14.8 Å². The molecule has 0 amide bonds. The molecular formula is C14H14ClNO2S. The van der Waals surface area contributed by atoms with Crippen LogP contribution in [0.25, 0.3) is 0 Å². The Labute approximate surface area is 121 Å². The molecular weight excluding hydrogens is 282 g/mol. The largest absolute Gasteiger partial charge is 0.454 e. The van der Waals surface area contributed by atoms with Crippen molar-refractivity contribution in [2.24, 2.45) is 0 Å². The van der Waals surface area contributed by atoms with Crippen LogP contribution in [0, 0.1) is 0 Å². The first-order valence-corrected chi connectivity index (χ1v) is 7.39. The summed E-state index contributed by atoms with van der Waals surface area (Å²) < 4.78 is 10.7. The Hall–Kier alpha value is -1.23. The second-order valence-corrected chi connectivity index (χ2v) is 5.66. The summed E-state index contributed by atoms with van der Waals surface area (Å²) in [5, 5.41) is 8.32. The van der Waals surface area contributed by atoms with Gasteiger partial charge in [-0.25, -0.2) is 0 Å². The predicted molar refractivity (Wildman–Crippen MR) is 77.1 cm³/mol. The number of fused-ring (bicyclic) bond motifs is 1. The Bertz CT molecular complexity index is 571. The van der Waals surface area contributed by atoms with E-state index in [0.29, 0.717) is 16.8 Å². The minimum absolute atomic E-state index is 0.247. The summed E-state index contributed by atoms with van der Waals surface area (Å²) >= 11 is 7.87. The quantitative estimate of drug-likeness (QED) is 0.925. The molecule has 0 saturated heterocycles. The van der Waals surface area contributed by atoms with Gasteiger partial charge in [-0.3, -0.25) is 0 Å². The van der Waals surface area contributed by atoms with Gasteiger partial charge in [0, 0.05) is 12.6 Å². The maximum absolute atomic E-state index is 6.16. The second-order valence-electron chi connectivity index (χ2n) is 4.47. The molecule has 1 aromatic heterocycles. The highest BCUT2D eigenvalue weighted by atomic mass is 35.5. The van der Waals surface area contributed by atoms with E-state index in [9.17, 15) is 0 Å². The van der Waals surface area contributed by atoms with E-state index in [1.807, 2.05) is 12.1 Å². The third kappa shape index (κ3) is 2.71. The Balaban J connectivity index is 1.69. The first-order chi connectivity index (χ1) is 9.24. The van der Waals surface area contributed by atoms with Gasteiger partial charge in [0.1, 0.15) is 0 Å². The molecule has 3 rings (SSSR count). The first-order valence-electron chi connectivity index (χ1n) is 6.07. The van der Waals surface area contributed by atoms with E-state index in [1.54, 1.807) is 11.3 Å². The summed E-state index contributed by atoms with van der Waals surface area (Å²) in [6.07, 6.45) is 0. The number of rotatable bonds is 4. The van der Waals surface area contributed by atoms with Crippen LogP contribution in [-0.2, 0) is 6.54 Å². The van der Waals surface area contributed by atoms with Crippen LogP contribution in [-0.4, -0.2) is 6.79 Å². The molecule has 1 atom stereocenters. The fraction of sp³-hybridized carbons (Fsp3) is 0.286. The Morgan fingerprint density at radius 1 is 1.42 bits per heavy atom. The van der Waals surface area contributed by atoms with Crippen molar-refractivity contribution < 1.29 is 9.47 Å². The van der Waals surface area contributed by atoms with Crippen LogP contribution in [0.4, 0.5) is 0 Å². The van der Waals surface area contributed by atoms with Crippen molar-refractivity contribution in [3.8, 4) is 11.5 Å². The average molecular weight is 296 g/mol. The molecule has 0 spiro atoms. The van der Waals surface area contributed by atoms with Crippen molar-refractivity contribution in [2.45, 2.75) is 19.5 Å². The van der Waals surface area contributed by atoms with Crippen molar-refractivity contribution in [2.75, 3.05) is 6.79 Å². The Morgan fingerprint density at radius 3 is 3.11 bits per heavy atom. The highest BCUT2D eigenvalue weighted by Gasteiger charge is 2.18. The number of nitrogens with one attached hydrogen (secondary N) is 1. The zero-order valence-corrected chi connectivity index (χ0v) is 12.1. The summed E-state index contributed by atoms with van der Waals surface area (Å²) in [5.74, 6) is 1.38. The number of halogens is 1. The molecule has 0 fully saturated rings. The fourth-order valence-electron chi connectivity index (χ4n) is 2.03. The maximum Gasteiger partial charge on any atom is 0.231 e. The number of benzene rings is 1. The molecule has 0 aliphatic carbocycles. The smallest absolute Gasteiger partial charge is 0.231 e. The lowest BCUT2D eigenvalue weighted by molar-refractivity contribution is 0.174. The molecule has 1 N–H and O–H groups in total. The average Bonchev–Trinajstić information content (AvgIpc) is 3.06. The maximum atomic E-state index is 6.16. The molecule has 19 heavy (non-hydrogen) atoms. The molecule has 1 aromatic carbocycles. The predicted octanol–water partition coefficient (Wildman–Crippen LogP) is 3.98. The minimum Gasteiger partial charge on any atom is -0.454 e. The van der Waals surface area contributed by atoms with Crippen molar-refractivity contribution in [1.82, 2.24) is 5.32 Å². The third-order valence-corrected chi connectivity index (χ3v) is 4.12. The van der Waals surface area contributed by atoms with Crippen molar-refractivity contribution >= 4 is 22.9 Å². The molecule has 0 radical (unpaired) electrons. The van der Waals surface area contributed by atoms with Gasteiger partial charge in [0.2, 0.25) is 6.79 Å². The summed E-state index contributed by atoms with van der Waals surface area (Å²) in [6.45, 7) is 3.14. The van der Waals surface area contributed by atoms with E-state index < -0.39 is 0 Å². The molecule has 2 aromatic rings. The lowest BCUT2D eigenvalue weighted by Gasteiger charge is -2.13. The molecule has 1 aliphatic heterocycles. The fourth-order valence-corrected chi connectivity index (χ4v) is 3.07. The zero-order valence-electron chi connectivity index (χ0n) is 10.5. The lowest BCUT2D eigenvalue weighted by atomic mass is 10.1. The topological polar surface area (TPSA) is 30.5 Å². The van der Waals surface area contributed by atoms with E-state index in [0.717, 1.165) is 17.9 Å². The van der Waals surface area contributed by atoms with Crippen LogP contribution >= 0.6 is 22.9 Å². The zero-order chi connectivity index (χ0) is 13.2. The SMILES string of the molecule is CC(NCc1cc(Cl)c2c(c1)OCO2)c1ccsc1. The number of thiophene rings is 1. The van der Waals surface area contributed by atoms with Gasteiger partial charge in [0.05, 0.1) is 5.02 Å². The van der Waals surface area contributed by atoms with Crippen molar-refractivity contribution in [3.05, 3.63) is 45.1 Å². The number of ether oxygens (including phenoxy) is 2. The molecule has 5 heteroatoms. The molecule has 1 unspecified atom stereocenters. The number of hydrogen-bond acceptors (Lipinski definition) is 4. The van der Waals surface area contributed by atoms with Crippen LogP contribution in [0.15, 0.2) is 29.0 Å². The summed E-state index contributed by atoms with van der Waals surface area (Å²) in [7, 11) is 0. The molecule has 100 valence electrons. The molecule has 3 nitrogen and oxygen atoms in total. The van der Waals surface area contributed by atoms with Crippen LogP contribution in [0.2, 0.25) is 5.02 Å². The van der Waals surface area contributed by atoms with E-state index in [4.69, 9.17) is 21.1 Å². The van der Waals surface area contributed by atoms with Crippen LogP contribution < -0.4 is 14.8 Å². The van der Waals surface area contributed by atoms with Crippen LogP contribution in [0.5, 0.6) is 11.5 Å². The minimum atomic E-state index is 0.247. The number of hydrogen-bond donors (Lipinski definition) is 1. The van der Waals surface area contributed by atoms with Crippen molar-refractivity contribution in [3.63, 3.8) is 0 Å². The van der Waals surface area contributed by atoms with E-state index in [-0.39, 0.29) is 6.79 Å². The van der Waals surface area contributed by atoms with Crippen molar-refractivity contribution in [1.29, 1.82) is 0 Å². The van der Waals surface area contributed by atoms with Gasteiger partial charge in [0.15, 0.2) is 11.5 Å². The highest BCUT2D eigenvalue weighted by molar-refractivity contribution is 7.07. The molecule has 0 bridgehead atoms.